The lowest BCUT2D eigenvalue weighted by Gasteiger charge is -2.21. The molecule has 1 aromatic carbocycles. The summed E-state index contributed by atoms with van der Waals surface area (Å²) in [7, 11) is 0. The lowest BCUT2D eigenvalue weighted by atomic mass is 10.2. The van der Waals surface area contributed by atoms with Crippen molar-refractivity contribution in [3.8, 4) is 0 Å². The minimum absolute atomic E-state index is 0.132. The summed E-state index contributed by atoms with van der Waals surface area (Å²) in [5, 5.41) is 2.89. The van der Waals surface area contributed by atoms with Gasteiger partial charge < -0.3 is 10.2 Å². The topological polar surface area (TPSA) is 49.4 Å². The van der Waals surface area contributed by atoms with Crippen molar-refractivity contribution in [3.63, 3.8) is 0 Å². The van der Waals surface area contributed by atoms with Gasteiger partial charge in [0.1, 0.15) is 6.04 Å². The Bertz CT molecular complexity index is 610. The van der Waals surface area contributed by atoms with E-state index in [4.69, 9.17) is 0 Å². The maximum atomic E-state index is 12.4. The van der Waals surface area contributed by atoms with E-state index in [0.29, 0.717) is 11.6 Å². The summed E-state index contributed by atoms with van der Waals surface area (Å²) in [5.41, 5.74) is 1.85. The molecule has 4 nitrogen and oxygen atoms in total. The number of nitrogens with one attached hydrogen (secondary N) is 1. The lowest BCUT2D eigenvalue weighted by Crippen LogP contribution is -2.43. The second-order valence-electron chi connectivity index (χ2n) is 5.07. The Morgan fingerprint density at radius 3 is 2.91 bits per heavy atom. The van der Waals surface area contributed by atoms with Crippen LogP contribution in [0.4, 0.5) is 5.69 Å². The van der Waals surface area contributed by atoms with Crippen molar-refractivity contribution in [2.24, 2.45) is 0 Å². The Morgan fingerprint density at radius 2 is 2.18 bits per heavy atom. The summed E-state index contributed by atoms with van der Waals surface area (Å²) in [6.07, 6.45) is 6.84. The Hall–Kier alpha value is -2.01. The van der Waals surface area contributed by atoms with Gasteiger partial charge in [0, 0.05) is 17.5 Å². The van der Waals surface area contributed by atoms with Gasteiger partial charge in [-0.05, 0) is 31.5 Å². The van der Waals surface area contributed by atoms with Crippen LogP contribution in [0.3, 0.4) is 0 Å². The monoisotopic (exact) mass is 316 g/mol. The predicted molar refractivity (Wildman–Crippen MR) is 91.7 cm³/mol. The van der Waals surface area contributed by atoms with Crippen molar-refractivity contribution >= 4 is 29.3 Å². The molecule has 116 valence electrons. The third kappa shape index (κ3) is 4.24. The molecule has 2 amide bonds. The molecule has 1 atom stereocenters. The summed E-state index contributed by atoms with van der Waals surface area (Å²) < 4.78 is 0. The number of hydrogen-bond donors (Lipinski definition) is 1. The van der Waals surface area contributed by atoms with Gasteiger partial charge in [-0.25, -0.2) is 0 Å². The number of carbonyl (C=O) groups excluding carboxylic acids is 2. The molecule has 1 saturated heterocycles. The highest BCUT2D eigenvalue weighted by molar-refractivity contribution is 7.99. The summed E-state index contributed by atoms with van der Waals surface area (Å²) in [5.74, 6) is 0.905. The van der Waals surface area contributed by atoms with Crippen LogP contribution in [0.1, 0.15) is 12.5 Å². The fourth-order valence-corrected chi connectivity index (χ4v) is 3.33. The standard InChI is InChI=1S/C17H20N2O2S/c1-3-4-5-9-16(20)19-12-22-11-15(19)17(21)18-14-8-6-7-13(2)10-14/h3-10,15H,11-12H2,1-2H3,(H,18,21)/b4-3+,9-5+. The quantitative estimate of drug-likeness (QED) is 0.686. The molecule has 1 aliphatic heterocycles. The highest BCUT2D eigenvalue weighted by Gasteiger charge is 2.33. The molecule has 0 aliphatic carbocycles. The SMILES string of the molecule is C/C=C/C=C/C(=O)N1CSCC1C(=O)Nc1cccc(C)c1. The molecule has 0 bridgehead atoms. The highest BCUT2D eigenvalue weighted by atomic mass is 32.2. The van der Waals surface area contributed by atoms with E-state index in [1.807, 2.05) is 44.2 Å². The Labute approximate surface area is 135 Å². The van der Waals surface area contributed by atoms with E-state index in [9.17, 15) is 9.59 Å². The molecular formula is C17H20N2O2S. The molecule has 2 rings (SSSR count). The van der Waals surface area contributed by atoms with Crippen LogP contribution < -0.4 is 5.32 Å². The molecule has 1 heterocycles. The zero-order valence-corrected chi connectivity index (χ0v) is 13.6. The number of benzene rings is 1. The number of rotatable bonds is 4. The maximum Gasteiger partial charge on any atom is 0.248 e. The van der Waals surface area contributed by atoms with Crippen molar-refractivity contribution in [2.45, 2.75) is 19.9 Å². The largest absolute Gasteiger partial charge is 0.324 e. The van der Waals surface area contributed by atoms with Gasteiger partial charge >= 0.3 is 0 Å². The fourth-order valence-electron chi connectivity index (χ4n) is 2.17. The number of aryl methyl sites for hydroxylation is 1. The zero-order chi connectivity index (χ0) is 15.9. The van der Waals surface area contributed by atoms with E-state index in [1.54, 1.807) is 28.8 Å². The van der Waals surface area contributed by atoms with Gasteiger partial charge in [0.05, 0.1) is 5.88 Å². The number of thioether (sulfide) groups is 1. The van der Waals surface area contributed by atoms with Crippen molar-refractivity contribution in [2.75, 3.05) is 16.9 Å². The molecule has 5 heteroatoms. The van der Waals surface area contributed by atoms with Crippen LogP contribution in [0.5, 0.6) is 0 Å². The first-order valence-corrected chi connectivity index (χ1v) is 8.32. The van der Waals surface area contributed by atoms with E-state index in [1.165, 1.54) is 6.08 Å². The second kappa shape index (κ2) is 7.84. The van der Waals surface area contributed by atoms with E-state index in [2.05, 4.69) is 5.32 Å². The second-order valence-corrected chi connectivity index (χ2v) is 6.07. The molecule has 1 fully saturated rings. The van der Waals surface area contributed by atoms with Crippen molar-refractivity contribution in [1.82, 2.24) is 4.90 Å². The molecule has 1 aromatic rings. The predicted octanol–water partition coefficient (Wildman–Crippen LogP) is 2.97. The van der Waals surface area contributed by atoms with Crippen LogP contribution in [0.15, 0.2) is 48.6 Å². The van der Waals surface area contributed by atoms with Crippen LogP contribution in [-0.4, -0.2) is 34.4 Å². The molecular weight excluding hydrogens is 296 g/mol. The first-order valence-electron chi connectivity index (χ1n) is 7.17. The maximum absolute atomic E-state index is 12.4. The minimum Gasteiger partial charge on any atom is -0.324 e. The van der Waals surface area contributed by atoms with Gasteiger partial charge in [0.25, 0.3) is 0 Å². The van der Waals surface area contributed by atoms with Gasteiger partial charge in [0.15, 0.2) is 0 Å². The molecule has 1 N–H and O–H groups in total. The van der Waals surface area contributed by atoms with Crippen LogP contribution in [0, 0.1) is 6.92 Å². The number of hydrogen-bond acceptors (Lipinski definition) is 3. The third-order valence-corrected chi connectivity index (χ3v) is 4.31. The molecule has 0 saturated carbocycles. The van der Waals surface area contributed by atoms with Gasteiger partial charge in [0.2, 0.25) is 11.8 Å². The number of nitrogens with zero attached hydrogens (tertiary/aromatic N) is 1. The first kappa shape index (κ1) is 16.4. The fraction of sp³-hybridized carbons (Fsp3) is 0.294. The van der Waals surface area contributed by atoms with E-state index < -0.39 is 6.04 Å². The molecule has 0 aromatic heterocycles. The van der Waals surface area contributed by atoms with Crippen molar-refractivity contribution in [3.05, 3.63) is 54.1 Å². The van der Waals surface area contributed by atoms with Crippen LogP contribution >= 0.6 is 11.8 Å². The van der Waals surface area contributed by atoms with Crippen LogP contribution in [-0.2, 0) is 9.59 Å². The number of allylic oxidation sites excluding steroid dienone is 3. The average molecular weight is 316 g/mol. The Kier molecular flexibility index (Phi) is 5.83. The van der Waals surface area contributed by atoms with Gasteiger partial charge in [-0.2, -0.15) is 0 Å². The molecule has 0 radical (unpaired) electrons. The lowest BCUT2D eigenvalue weighted by molar-refractivity contribution is -0.132. The van der Waals surface area contributed by atoms with E-state index in [0.717, 1.165) is 11.3 Å². The third-order valence-electron chi connectivity index (χ3n) is 3.30. The first-order chi connectivity index (χ1) is 10.6. The number of carbonyl (C=O) groups is 2. The summed E-state index contributed by atoms with van der Waals surface area (Å²) in [6.45, 7) is 3.86. The van der Waals surface area contributed by atoms with Crippen molar-refractivity contribution < 1.29 is 9.59 Å². The van der Waals surface area contributed by atoms with Gasteiger partial charge in [-0.3, -0.25) is 9.59 Å². The minimum atomic E-state index is -0.423. The summed E-state index contributed by atoms with van der Waals surface area (Å²) >= 11 is 1.59. The van der Waals surface area contributed by atoms with Gasteiger partial charge in [-0.15, -0.1) is 11.8 Å². The molecule has 0 spiro atoms. The molecule has 1 aliphatic rings. The average Bonchev–Trinajstić information content (AvgIpc) is 2.97. The molecule has 1 unspecified atom stereocenters. The van der Waals surface area contributed by atoms with Crippen LogP contribution in [0.25, 0.3) is 0 Å². The number of amides is 2. The van der Waals surface area contributed by atoms with E-state index >= 15 is 0 Å². The van der Waals surface area contributed by atoms with E-state index in [-0.39, 0.29) is 11.8 Å². The Balaban J connectivity index is 2.03. The summed E-state index contributed by atoms with van der Waals surface area (Å²) in [6, 6.07) is 7.22. The van der Waals surface area contributed by atoms with Crippen LogP contribution in [0.2, 0.25) is 0 Å². The van der Waals surface area contributed by atoms with Crippen molar-refractivity contribution in [1.29, 1.82) is 0 Å². The Morgan fingerprint density at radius 1 is 1.36 bits per heavy atom. The zero-order valence-electron chi connectivity index (χ0n) is 12.8. The smallest absolute Gasteiger partial charge is 0.248 e. The molecule has 22 heavy (non-hydrogen) atoms. The van der Waals surface area contributed by atoms with Gasteiger partial charge in [-0.1, -0.05) is 30.4 Å². The number of anilines is 1. The summed E-state index contributed by atoms with van der Waals surface area (Å²) in [4.78, 5) is 26.2. The normalized spacial score (nSPS) is 18.3. The highest BCUT2D eigenvalue weighted by Crippen LogP contribution is 2.22.